The fraction of sp³-hybridized carbons (Fsp3) is 0.333. The van der Waals surface area contributed by atoms with Gasteiger partial charge in [0.1, 0.15) is 5.82 Å². The number of nitrogens with zero attached hydrogens (tertiary/aromatic N) is 1. The number of sulfone groups is 1. The third-order valence-electron chi connectivity index (χ3n) is 3.31. The molecule has 1 aromatic heterocycles. The van der Waals surface area contributed by atoms with Gasteiger partial charge >= 0.3 is 0 Å². The molecule has 2 aromatic rings. The Kier molecular flexibility index (Phi) is 5.15. The van der Waals surface area contributed by atoms with Gasteiger partial charge in [-0.1, -0.05) is 20.3 Å². The molecule has 6 nitrogen and oxygen atoms in total. The molecule has 23 heavy (non-hydrogen) atoms. The van der Waals surface area contributed by atoms with E-state index < -0.39 is 21.6 Å². The standard InChI is InChI=1S/C15H18FN3O3S/c1-3-5-10-8-14(19-18-10)17-15(20)12-9-11(6-7-13(12)16)23(21,22)4-2/h6-9H,3-5H2,1-2H3,(H2,17,18,19,20). The minimum absolute atomic E-state index is 0.0831. The first-order valence-electron chi connectivity index (χ1n) is 7.25. The van der Waals surface area contributed by atoms with E-state index in [0.29, 0.717) is 0 Å². The van der Waals surface area contributed by atoms with Gasteiger partial charge in [-0.3, -0.25) is 9.89 Å². The van der Waals surface area contributed by atoms with Crippen LogP contribution >= 0.6 is 0 Å². The van der Waals surface area contributed by atoms with Gasteiger partial charge in [0.05, 0.1) is 16.2 Å². The van der Waals surface area contributed by atoms with E-state index in [4.69, 9.17) is 0 Å². The zero-order valence-electron chi connectivity index (χ0n) is 12.9. The molecular weight excluding hydrogens is 321 g/mol. The molecule has 0 unspecified atom stereocenters. The maximum absolute atomic E-state index is 13.9. The largest absolute Gasteiger partial charge is 0.305 e. The van der Waals surface area contributed by atoms with E-state index in [9.17, 15) is 17.6 Å². The average molecular weight is 339 g/mol. The van der Waals surface area contributed by atoms with Crippen molar-refractivity contribution in [3.8, 4) is 0 Å². The molecule has 0 fully saturated rings. The number of aryl methyl sites for hydroxylation is 1. The Morgan fingerprint density at radius 3 is 2.70 bits per heavy atom. The maximum Gasteiger partial charge on any atom is 0.259 e. The summed E-state index contributed by atoms with van der Waals surface area (Å²) in [7, 11) is -3.52. The number of carbonyl (C=O) groups is 1. The number of hydrogen-bond donors (Lipinski definition) is 2. The quantitative estimate of drug-likeness (QED) is 0.791. The molecule has 0 aliphatic carbocycles. The Labute approximate surface area is 134 Å². The lowest BCUT2D eigenvalue weighted by atomic mass is 10.2. The number of aromatic amines is 1. The van der Waals surface area contributed by atoms with Gasteiger partial charge in [-0.25, -0.2) is 12.8 Å². The highest BCUT2D eigenvalue weighted by Crippen LogP contribution is 2.18. The summed E-state index contributed by atoms with van der Waals surface area (Å²) in [5, 5.41) is 9.15. The number of aromatic nitrogens is 2. The highest BCUT2D eigenvalue weighted by molar-refractivity contribution is 7.91. The van der Waals surface area contributed by atoms with Crippen LogP contribution in [0.15, 0.2) is 29.2 Å². The van der Waals surface area contributed by atoms with Gasteiger partial charge in [0.25, 0.3) is 5.91 Å². The molecule has 1 heterocycles. The molecule has 0 atom stereocenters. The zero-order valence-corrected chi connectivity index (χ0v) is 13.7. The SMILES string of the molecule is CCCc1cc(NC(=O)c2cc(S(=O)(=O)CC)ccc2F)n[nH]1. The lowest BCUT2D eigenvalue weighted by Crippen LogP contribution is -2.15. The van der Waals surface area contributed by atoms with E-state index in [2.05, 4.69) is 15.5 Å². The second-order valence-electron chi connectivity index (χ2n) is 5.03. The number of H-pyrrole nitrogens is 1. The van der Waals surface area contributed by atoms with Gasteiger partial charge in [0.2, 0.25) is 0 Å². The van der Waals surface area contributed by atoms with E-state index in [1.165, 1.54) is 6.92 Å². The van der Waals surface area contributed by atoms with Crippen LogP contribution in [0.4, 0.5) is 10.2 Å². The van der Waals surface area contributed by atoms with E-state index in [0.717, 1.165) is 36.7 Å². The third-order valence-corrected chi connectivity index (χ3v) is 5.05. The van der Waals surface area contributed by atoms with Gasteiger partial charge in [0, 0.05) is 11.8 Å². The number of benzene rings is 1. The van der Waals surface area contributed by atoms with Crippen LogP contribution in [-0.4, -0.2) is 30.3 Å². The maximum atomic E-state index is 13.9. The van der Waals surface area contributed by atoms with Crippen molar-refractivity contribution < 1.29 is 17.6 Å². The van der Waals surface area contributed by atoms with Crippen LogP contribution in [0.25, 0.3) is 0 Å². The highest BCUT2D eigenvalue weighted by atomic mass is 32.2. The van der Waals surface area contributed by atoms with Crippen LogP contribution in [0.2, 0.25) is 0 Å². The molecule has 2 rings (SSSR count). The van der Waals surface area contributed by atoms with Crippen LogP contribution in [-0.2, 0) is 16.3 Å². The normalized spacial score (nSPS) is 11.4. The molecule has 0 aliphatic heterocycles. The smallest absolute Gasteiger partial charge is 0.259 e. The number of hydrogen-bond acceptors (Lipinski definition) is 4. The van der Waals surface area contributed by atoms with Crippen molar-refractivity contribution in [2.45, 2.75) is 31.6 Å². The summed E-state index contributed by atoms with van der Waals surface area (Å²) >= 11 is 0. The Morgan fingerprint density at radius 2 is 2.04 bits per heavy atom. The minimum Gasteiger partial charge on any atom is -0.305 e. The highest BCUT2D eigenvalue weighted by Gasteiger charge is 2.19. The number of halogens is 1. The lowest BCUT2D eigenvalue weighted by molar-refractivity contribution is 0.102. The van der Waals surface area contributed by atoms with Crippen LogP contribution < -0.4 is 5.32 Å². The van der Waals surface area contributed by atoms with E-state index in [-0.39, 0.29) is 22.0 Å². The molecule has 0 saturated carbocycles. The predicted octanol–water partition coefficient (Wildman–Crippen LogP) is 2.55. The van der Waals surface area contributed by atoms with Crippen LogP contribution in [0.5, 0.6) is 0 Å². The van der Waals surface area contributed by atoms with Crippen molar-refractivity contribution in [2.75, 3.05) is 11.1 Å². The predicted molar refractivity (Wildman–Crippen MR) is 84.7 cm³/mol. The fourth-order valence-corrected chi connectivity index (χ4v) is 2.95. The summed E-state index contributed by atoms with van der Waals surface area (Å²) in [6, 6.07) is 4.83. The van der Waals surface area contributed by atoms with E-state index in [1.807, 2.05) is 6.92 Å². The van der Waals surface area contributed by atoms with Gasteiger partial charge in [-0.2, -0.15) is 5.10 Å². The Hall–Kier alpha value is -2.22. The van der Waals surface area contributed by atoms with E-state index in [1.54, 1.807) is 6.07 Å². The van der Waals surface area contributed by atoms with Crippen molar-refractivity contribution in [2.24, 2.45) is 0 Å². The molecule has 0 spiro atoms. The molecule has 8 heteroatoms. The molecular formula is C15H18FN3O3S. The summed E-state index contributed by atoms with van der Waals surface area (Å²) in [4.78, 5) is 12.1. The molecule has 0 radical (unpaired) electrons. The van der Waals surface area contributed by atoms with Crippen LogP contribution in [0.3, 0.4) is 0 Å². The number of rotatable bonds is 6. The minimum atomic E-state index is -3.52. The second-order valence-corrected chi connectivity index (χ2v) is 7.31. The Morgan fingerprint density at radius 1 is 1.30 bits per heavy atom. The Balaban J connectivity index is 2.26. The summed E-state index contributed by atoms with van der Waals surface area (Å²) < 4.78 is 37.6. The average Bonchev–Trinajstić information content (AvgIpc) is 2.95. The van der Waals surface area contributed by atoms with Crippen LogP contribution in [0.1, 0.15) is 36.3 Å². The molecule has 0 saturated heterocycles. The summed E-state index contributed by atoms with van der Waals surface area (Å²) in [5.74, 6) is -1.40. The molecule has 2 N–H and O–H groups in total. The topological polar surface area (TPSA) is 91.9 Å². The number of carbonyl (C=O) groups excluding carboxylic acids is 1. The van der Waals surface area contributed by atoms with Crippen molar-refractivity contribution in [1.82, 2.24) is 10.2 Å². The van der Waals surface area contributed by atoms with Crippen molar-refractivity contribution in [3.63, 3.8) is 0 Å². The fourth-order valence-electron chi connectivity index (χ4n) is 2.05. The number of nitrogens with one attached hydrogen (secondary N) is 2. The number of anilines is 1. The molecule has 124 valence electrons. The van der Waals surface area contributed by atoms with Gasteiger partial charge in [-0.15, -0.1) is 0 Å². The molecule has 0 aliphatic rings. The van der Waals surface area contributed by atoms with E-state index >= 15 is 0 Å². The van der Waals surface area contributed by atoms with Crippen LogP contribution in [0, 0.1) is 5.82 Å². The first kappa shape index (κ1) is 17.1. The number of amides is 1. The van der Waals surface area contributed by atoms with Gasteiger partial charge in [0.15, 0.2) is 15.7 Å². The summed E-state index contributed by atoms with van der Waals surface area (Å²) in [6.45, 7) is 3.49. The first-order valence-corrected chi connectivity index (χ1v) is 8.90. The lowest BCUT2D eigenvalue weighted by Gasteiger charge is -2.06. The zero-order chi connectivity index (χ0) is 17.0. The van der Waals surface area contributed by atoms with Crippen molar-refractivity contribution in [1.29, 1.82) is 0 Å². The van der Waals surface area contributed by atoms with Gasteiger partial charge < -0.3 is 5.32 Å². The first-order chi connectivity index (χ1) is 10.9. The monoisotopic (exact) mass is 339 g/mol. The molecule has 0 bridgehead atoms. The molecule has 1 amide bonds. The summed E-state index contributed by atoms with van der Waals surface area (Å²) in [5.41, 5.74) is 0.519. The van der Waals surface area contributed by atoms with Crippen molar-refractivity contribution in [3.05, 3.63) is 41.3 Å². The molecule has 1 aromatic carbocycles. The van der Waals surface area contributed by atoms with Gasteiger partial charge in [-0.05, 0) is 24.6 Å². The second kappa shape index (κ2) is 6.91. The van der Waals surface area contributed by atoms with Crippen molar-refractivity contribution >= 4 is 21.6 Å². The summed E-state index contributed by atoms with van der Waals surface area (Å²) in [6.07, 6.45) is 1.70. The Bertz CT molecular complexity index is 815. The third kappa shape index (κ3) is 3.95.